The Morgan fingerprint density at radius 2 is 2.05 bits per heavy atom. The van der Waals surface area contributed by atoms with E-state index >= 15 is 0 Å². The second-order valence-electron chi connectivity index (χ2n) is 6.57. The first-order chi connectivity index (χ1) is 9.81. The van der Waals surface area contributed by atoms with Gasteiger partial charge in [0, 0.05) is 6.42 Å². The Balaban J connectivity index is 2.61. The fourth-order valence-corrected chi connectivity index (χ4v) is 2.44. The molecule has 0 aliphatic carbocycles. The molecule has 4 heteroatoms. The number of hydrogen-bond acceptors (Lipinski definition) is 3. The summed E-state index contributed by atoms with van der Waals surface area (Å²) < 4.78 is 5.30. The van der Waals surface area contributed by atoms with Gasteiger partial charge >= 0.3 is 0 Å². The number of hydrogen-bond donors (Lipinski definition) is 1. The third kappa shape index (κ3) is 6.80. The Bertz CT molecular complexity index is 512. The fraction of sp³-hybridized carbons (Fsp3) is 0.529. The van der Waals surface area contributed by atoms with Gasteiger partial charge in [0.25, 0.3) is 0 Å². The number of benzene rings is 1. The van der Waals surface area contributed by atoms with Crippen LogP contribution < -0.4 is 10.1 Å². The number of nitrogens with one attached hydrogen (secondary N) is 1. The highest BCUT2D eigenvalue weighted by Crippen LogP contribution is 2.27. The molecule has 1 rings (SSSR count). The molecular formula is C17H24N2O2. The van der Waals surface area contributed by atoms with Crippen molar-refractivity contribution < 1.29 is 9.53 Å². The lowest BCUT2D eigenvalue weighted by atomic mass is 9.84. The van der Waals surface area contributed by atoms with Crippen LogP contribution in [0.4, 0.5) is 5.69 Å². The molecule has 4 nitrogen and oxygen atoms in total. The molecule has 0 spiro atoms. The Hall–Kier alpha value is -2.02. The van der Waals surface area contributed by atoms with Crippen LogP contribution >= 0.6 is 0 Å². The Kier molecular flexibility index (Phi) is 6.23. The van der Waals surface area contributed by atoms with Crippen LogP contribution in [0.25, 0.3) is 0 Å². The molecular weight excluding hydrogens is 264 g/mol. The number of nitriles is 1. The summed E-state index contributed by atoms with van der Waals surface area (Å²) in [7, 11) is 0. The van der Waals surface area contributed by atoms with Crippen molar-refractivity contribution in [2.45, 2.75) is 40.5 Å². The topological polar surface area (TPSA) is 62.1 Å². The van der Waals surface area contributed by atoms with Gasteiger partial charge in [-0.1, -0.05) is 39.8 Å². The van der Waals surface area contributed by atoms with E-state index < -0.39 is 0 Å². The molecule has 1 N–H and O–H groups in total. The Morgan fingerprint density at radius 3 is 2.67 bits per heavy atom. The van der Waals surface area contributed by atoms with Crippen LogP contribution in [0.3, 0.4) is 0 Å². The number of nitrogens with zero attached hydrogens (tertiary/aromatic N) is 1. The standard InChI is InChI=1S/C17H24N2O2/c1-13(12-17(2,3)4)11-16(20)19-14-7-5-6-8-15(14)21-10-9-18/h5-8,13H,10-12H2,1-4H3,(H,19,20). The largest absolute Gasteiger partial charge is 0.477 e. The van der Waals surface area contributed by atoms with E-state index in [2.05, 4.69) is 33.0 Å². The van der Waals surface area contributed by atoms with E-state index in [0.717, 1.165) is 6.42 Å². The minimum Gasteiger partial charge on any atom is -0.477 e. The zero-order valence-corrected chi connectivity index (χ0v) is 13.3. The highest BCUT2D eigenvalue weighted by atomic mass is 16.5. The lowest BCUT2D eigenvalue weighted by molar-refractivity contribution is -0.117. The molecule has 0 aliphatic heterocycles. The van der Waals surface area contributed by atoms with Gasteiger partial charge in [-0.3, -0.25) is 4.79 Å². The van der Waals surface area contributed by atoms with Crippen LogP contribution in [-0.4, -0.2) is 12.5 Å². The van der Waals surface area contributed by atoms with Gasteiger partial charge in [0.05, 0.1) is 5.69 Å². The van der Waals surface area contributed by atoms with Crippen LogP contribution in [0.2, 0.25) is 0 Å². The third-order valence-corrected chi connectivity index (χ3v) is 2.95. The van der Waals surface area contributed by atoms with E-state index in [-0.39, 0.29) is 17.9 Å². The molecule has 21 heavy (non-hydrogen) atoms. The number of rotatable bonds is 6. The predicted molar refractivity (Wildman–Crippen MR) is 84.0 cm³/mol. The Morgan fingerprint density at radius 1 is 1.38 bits per heavy atom. The second kappa shape index (κ2) is 7.68. The molecule has 0 heterocycles. The first-order valence-electron chi connectivity index (χ1n) is 7.20. The molecule has 0 saturated carbocycles. The molecule has 1 aromatic carbocycles. The van der Waals surface area contributed by atoms with Crippen molar-refractivity contribution in [2.24, 2.45) is 11.3 Å². The first kappa shape index (κ1) is 17.0. The summed E-state index contributed by atoms with van der Waals surface area (Å²) in [6.45, 7) is 8.57. The van der Waals surface area contributed by atoms with Crippen molar-refractivity contribution in [3.05, 3.63) is 24.3 Å². The molecule has 1 unspecified atom stereocenters. The molecule has 1 atom stereocenters. The van der Waals surface area contributed by atoms with E-state index in [4.69, 9.17) is 10.00 Å². The van der Waals surface area contributed by atoms with Crippen molar-refractivity contribution >= 4 is 11.6 Å². The van der Waals surface area contributed by atoms with Gasteiger partial charge in [0.15, 0.2) is 6.61 Å². The average molecular weight is 288 g/mol. The quantitative estimate of drug-likeness (QED) is 0.861. The summed E-state index contributed by atoms with van der Waals surface area (Å²) in [4.78, 5) is 12.1. The van der Waals surface area contributed by atoms with E-state index in [1.165, 1.54) is 0 Å². The molecule has 1 amide bonds. The monoisotopic (exact) mass is 288 g/mol. The molecule has 1 aromatic rings. The molecule has 114 valence electrons. The SMILES string of the molecule is CC(CC(=O)Nc1ccccc1OCC#N)CC(C)(C)C. The zero-order valence-electron chi connectivity index (χ0n) is 13.3. The van der Waals surface area contributed by atoms with Crippen LogP contribution in [-0.2, 0) is 4.79 Å². The van der Waals surface area contributed by atoms with Crippen molar-refractivity contribution in [1.82, 2.24) is 0 Å². The summed E-state index contributed by atoms with van der Waals surface area (Å²) in [6.07, 6.45) is 1.47. The highest BCUT2D eigenvalue weighted by molar-refractivity contribution is 5.92. The number of anilines is 1. The summed E-state index contributed by atoms with van der Waals surface area (Å²) in [5, 5.41) is 11.4. The second-order valence-corrected chi connectivity index (χ2v) is 6.57. The number of ether oxygens (including phenoxy) is 1. The molecule has 0 bridgehead atoms. The summed E-state index contributed by atoms with van der Waals surface area (Å²) in [6, 6.07) is 9.08. The van der Waals surface area contributed by atoms with Gasteiger partial charge in [0.2, 0.25) is 5.91 Å². The van der Waals surface area contributed by atoms with E-state index in [0.29, 0.717) is 23.8 Å². The minimum absolute atomic E-state index is 0.0280. The van der Waals surface area contributed by atoms with E-state index in [1.54, 1.807) is 12.1 Å². The Labute approximate surface area is 127 Å². The van der Waals surface area contributed by atoms with Crippen molar-refractivity contribution in [2.75, 3.05) is 11.9 Å². The molecule has 0 saturated heterocycles. The fourth-order valence-electron chi connectivity index (χ4n) is 2.44. The highest BCUT2D eigenvalue weighted by Gasteiger charge is 2.18. The molecule has 0 fully saturated rings. The summed E-state index contributed by atoms with van der Waals surface area (Å²) >= 11 is 0. The smallest absolute Gasteiger partial charge is 0.224 e. The maximum Gasteiger partial charge on any atom is 0.224 e. The zero-order chi connectivity index (χ0) is 15.9. The van der Waals surface area contributed by atoms with Crippen LogP contribution in [0.15, 0.2) is 24.3 Å². The summed E-state index contributed by atoms with van der Waals surface area (Å²) in [5.74, 6) is 0.813. The van der Waals surface area contributed by atoms with Gasteiger partial charge < -0.3 is 10.1 Å². The third-order valence-electron chi connectivity index (χ3n) is 2.95. The first-order valence-corrected chi connectivity index (χ1v) is 7.20. The van der Waals surface area contributed by atoms with Crippen molar-refractivity contribution in [3.8, 4) is 11.8 Å². The number of carbonyl (C=O) groups is 1. The van der Waals surface area contributed by atoms with Gasteiger partial charge in [-0.15, -0.1) is 0 Å². The summed E-state index contributed by atoms with van der Waals surface area (Å²) in [5.41, 5.74) is 0.828. The lowest BCUT2D eigenvalue weighted by Gasteiger charge is -2.23. The number of carbonyl (C=O) groups excluding carboxylic acids is 1. The molecule has 0 radical (unpaired) electrons. The van der Waals surface area contributed by atoms with Gasteiger partial charge in [-0.25, -0.2) is 0 Å². The van der Waals surface area contributed by atoms with Gasteiger partial charge in [-0.05, 0) is 29.9 Å². The van der Waals surface area contributed by atoms with Crippen molar-refractivity contribution in [1.29, 1.82) is 5.26 Å². The lowest BCUT2D eigenvalue weighted by Crippen LogP contribution is -2.19. The average Bonchev–Trinajstić information content (AvgIpc) is 2.35. The van der Waals surface area contributed by atoms with Crippen LogP contribution in [0.5, 0.6) is 5.75 Å². The minimum atomic E-state index is -0.0344. The number of amides is 1. The van der Waals surface area contributed by atoms with Crippen molar-refractivity contribution in [3.63, 3.8) is 0 Å². The van der Waals surface area contributed by atoms with Gasteiger partial charge in [0.1, 0.15) is 11.8 Å². The maximum atomic E-state index is 12.1. The van der Waals surface area contributed by atoms with E-state index in [9.17, 15) is 4.79 Å². The number of para-hydroxylation sites is 2. The van der Waals surface area contributed by atoms with Crippen LogP contribution in [0.1, 0.15) is 40.5 Å². The van der Waals surface area contributed by atoms with Gasteiger partial charge in [-0.2, -0.15) is 5.26 Å². The normalized spacial score (nSPS) is 12.3. The molecule has 0 aliphatic rings. The maximum absolute atomic E-state index is 12.1. The molecule has 0 aromatic heterocycles. The van der Waals surface area contributed by atoms with E-state index in [1.807, 2.05) is 18.2 Å². The predicted octanol–water partition coefficient (Wildman–Crippen LogP) is 3.99. The van der Waals surface area contributed by atoms with Crippen LogP contribution in [0, 0.1) is 22.7 Å².